The van der Waals surface area contributed by atoms with Crippen LogP contribution in [0.1, 0.15) is 16.1 Å². The van der Waals surface area contributed by atoms with Crippen LogP contribution in [0.2, 0.25) is 0 Å². The highest BCUT2D eigenvalue weighted by Crippen LogP contribution is 2.12. The van der Waals surface area contributed by atoms with E-state index in [1.165, 1.54) is 12.1 Å². The molecule has 0 aliphatic heterocycles. The molecule has 0 fully saturated rings. The molecule has 1 aromatic carbocycles. The quantitative estimate of drug-likeness (QED) is 0.846. The van der Waals surface area contributed by atoms with Crippen molar-refractivity contribution >= 4 is 5.91 Å². The molecule has 6 heteroatoms. The monoisotopic (exact) mass is 291 g/mol. The summed E-state index contributed by atoms with van der Waals surface area (Å²) in [6, 6.07) is 5.79. The number of halogens is 1. The molecule has 0 bridgehead atoms. The molecule has 0 aliphatic rings. The second kappa shape index (κ2) is 6.39. The van der Waals surface area contributed by atoms with Crippen LogP contribution in [-0.2, 0) is 7.05 Å². The Morgan fingerprint density at radius 3 is 2.62 bits per heavy atom. The molecular formula is C15H18FN3O2. The Bertz CT molecular complexity index is 622. The van der Waals surface area contributed by atoms with E-state index in [0.29, 0.717) is 24.5 Å². The average Bonchev–Trinajstić information content (AvgIpc) is 2.80. The van der Waals surface area contributed by atoms with Gasteiger partial charge in [0.05, 0.1) is 18.3 Å². The van der Waals surface area contributed by atoms with Gasteiger partial charge in [-0.25, -0.2) is 4.39 Å². The number of aromatic nitrogens is 2. The first-order chi connectivity index (χ1) is 9.99. The van der Waals surface area contributed by atoms with Crippen molar-refractivity contribution in [1.29, 1.82) is 0 Å². The molecule has 0 N–H and O–H groups in total. The second-order valence-corrected chi connectivity index (χ2v) is 4.80. The number of amides is 1. The lowest BCUT2D eigenvalue weighted by molar-refractivity contribution is 0.0773. The van der Waals surface area contributed by atoms with Gasteiger partial charge < -0.3 is 9.64 Å². The van der Waals surface area contributed by atoms with Crippen molar-refractivity contribution in [3.8, 4) is 5.75 Å². The van der Waals surface area contributed by atoms with Gasteiger partial charge in [0.25, 0.3) is 5.91 Å². The van der Waals surface area contributed by atoms with Crippen molar-refractivity contribution in [3.05, 3.63) is 47.5 Å². The number of ether oxygens (including phenoxy) is 1. The van der Waals surface area contributed by atoms with Gasteiger partial charge >= 0.3 is 0 Å². The average molecular weight is 291 g/mol. The molecular weight excluding hydrogens is 273 g/mol. The number of carbonyl (C=O) groups excluding carboxylic acids is 1. The third-order valence-corrected chi connectivity index (χ3v) is 3.32. The molecule has 0 unspecified atom stereocenters. The molecule has 1 heterocycles. The van der Waals surface area contributed by atoms with Gasteiger partial charge in [0.15, 0.2) is 0 Å². The lowest BCUT2D eigenvalue weighted by atomic mass is 10.2. The zero-order valence-corrected chi connectivity index (χ0v) is 12.3. The molecule has 2 rings (SSSR count). The maximum Gasteiger partial charge on any atom is 0.257 e. The summed E-state index contributed by atoms with van der Waals surface area (Å²) in [5.74, 6) is 0.180. The van der Waals surface area contributed by atoms with E-state index < -0.39 is 0 Å². The highest BCUT2D eigenvalue weighted by atomic mass is 19.1. The van der Waals surface area contributed by atoms with Gasteiger partial charge in [-0.15, -0.1) is 0 Å². The fourth-order valence-electron chi connectivity index (χ4n) is 1.85. The van der Waals surface area contributed by atoms with Crippen molar-refractivity contribution in [1.82, 2.24) is 14.7 Å². The van der Waals surface area contributed by atoms with E-state index >= 15 is 0 Å². The predicted octanol–water partition coefficient (Wildman–Crippen LogP) is 2.02. The van der Waals surface area contributed by atoms with Gasteiger partial charge in [0.1, 0.15) is 18.2 Å². The van der Waals surface area contributed by atoms with Crippen molar-refractivity contribution in [2.24, 2.45) is 7.05 Å². The number of benzene rings is 1. The Morgan fingerprint density at radius 1 is 1.38 bits per heavy atom. The number of carbonyl (C=O) groups is 1. The van der Waals surface area contributed by atoms with Crippen molar-refractivity contribution in [2.45, 2.75) is 6.92 Å². The van der Waals surface area contributed by atoms with Crippen LogP contribution in [0.25, 0.3) is 0 Å². The number of nitrogens with zero attached hydrogens (tertiary/aromatic N) is 3. The molecule has 2 aromatic rings. The topological polar surface area (TPSA) is 47.4 Å². The van der Waals surface area contributed by atoms with E-state index in [9.17, 15) is 9.18 Å². The van der Waals surface area contributed by atoms with Crippen LogP contribution in [0.15, 0.2) is 30.5 Å². The summed E-state index contributed by atoms with van der Waals surface area (Å²) in [6.07, 6.45) is 1.56. The lowest BCUT2D eigenvalue weighted by Crippen LogP contribution is -2.31. The zero-order chi connectivity index (χ0) is 15.4. The van der Waals surface area contributed by atoms with E-state index in [2.05, 4.69) is 5.10 Å². The highest BCUT2D eigenvalue weighted by Gasteiger charge is 2.16. The van der Waals surface area contributed by atoms with Crippen molar-refractivity contribution < 1.29 is 13.9 Å². The summed E-state index contributed by atoms with van der Waals surface area (Å²) in [5, 5.41) is 4.06. The molecule has 0 saturated carbocycles. The minimum absolute atomic E-state index is 0.0942. The first-order valence-corrected chi connectivity index (χ1v) is 6.61. The second-order valence-electron chi connectivity index (χ2n) is 4.80. The number of aryl methyl sites for hydroxylation is 1. The Morgan fingerprint density at radius 2 is 2.05 bits per heavy atom. The summed E-state index contributed by atoms with van der Waals surface area (Å²) in [7, 11) is 3.51. The molecule has 0 radical (unpaired) electrons. The molecule has 1 amide bonds. The Kier molecular flexibility index (Phi) is 4.57. The molecule has 0 saturated heterocycles. The van der Waals surface area contributed by atoms with E-state index in [-0.39, 0.29) is 11.7 Å². The van der Waals surface area contributed by atoms with Gasteiger partial charge in [0, 0.05) is 19.8 Å². The molecule has 0 aliphatic carbocycles. The minimum atomic E-state index is -0.304. The third-order valence-electron chi connectivity index (χ3n) is 3.32. The van der Waals surface area contributed by atoms with Gasteiger partial charge in [-0.1, -0.05) is 0 Å². The molecule has 0 spiro atoms. The predicted molar refractivity (Wildman–Crippen MR) is 76.8 cm³/mol. The molecule has 0 atom stereocenters. The highest BCUT2D eigenvalue weighted by molar-refractivity contribution is 5.94. The van der Waals surface area contributed by atoms with Crippen molar-refractivity contribution in [2.75, 3.05) is 20.2 Å². The summed E-state index contributed by atoms with van der Waals surface area (Å²) < 4.78 is 19.9. The van der Waals surface area contributed by atoms with E-state index in [1.807, 2.05) is 6.92 Å². The van der Waals surface area contributed by atoms with E-state index in [4.69, 9.17) is 4.74 Å². The zero-order valence-electron chi connectivity index (χ0n) is 12.3. The fraction of sp³-hybridized carbons (Fsp3) is 0.333. The number of likely N-dealkylation sites (N-methyl/N-ethyl adjacent to an activating group) is 1. The van der Waals surface area contributed by atoms with Crippen LogP contribution < -0.4 is 4.74 Å². The number of hydrogen-bond donors (Lipinski definition) is 0. The number of rotatable bonds is 5. The SMILES string of the molecule is Cc1c(C(=O)N(C)CCOc2ccc(F)cc2)cnn1C. The van der Waals surface area contributed by atoms with Crippen LogP contribution in [-0.4, -0.2) is 40.8 Å². The maximum atomic E-state index is 12.8. The van der Waals surface area contributed by atoms with Gasteiger partial charge in [-0.05, 0) is 31.2 Å². The third kappa shape index (κ3) is 3.59. The Labute approximate surface area is 122 Å². The molecule has 5 nitrogen and oxygen atoms in total. The summed E-state index contributed by atoms with van der Waals surface area (Å²) >= 11 is 0. The Balaban J connectivity index is 1.87. The maximum absolute atomic E-state index is 12.8. The summed E-state index contributed by atoms with van der Waals surface area (Å²) in [4.78, 5) is 13.8. The van der Waals surface area contributed by atoms with Gasteiger partial charge in [-0.3, -0.25) is 9.48 Å². The molecule has 112 valence electrons. The van der Waals surface area contributed by atoms with Gasteiger partial charge in [-0.2, -0.15) is 5.10 Å². The lowest BCUT2D eigenvalue weighted by Gasteiger charge is -2.17. The summed E-state index contributed by atoms with van der Waals surface area (Å²) in [5.41, 5.74) is 1.41. The first kappa shape index (κ1) is 15.0. The minimum Gasteiger partial charge on any atom is -0.492 e. The first-order valence-electron chi connectivity index (χ1n) is 6.61. The van der Waals surface area contributed by atoms with Crippen LogP contribution >= 0.6 is 0 Å². The van der Waals surface area contributed by atoms with Gasteiger partial charge in [0.2, 0.25) is 0 Å². The van der Waals surface area contributed by atoms with Crippen LogP contribution in [0.4, 0.5) is 4.39 Å². The standard InChI is InChI=1S/C15H18FN3O2/c1-11-14(10-17-19(11)3)15(20)18(2)8-9-21-13-6-4-12(16)5-7-13/h4-7,10H,8-9H2,1-3H3. The van der Waals surface area contributed by atoms with E-state index in [0.717, 1.165) is 5.69 Å². The normalized spacial score (nSPS) is 10.5. The van der Waals surface area contributed by atoms with Crippen LogP contribution in [0, 0.1) is 12.7 Å². The largest absolute Gasteiger partial charge is 0.492 e. The number of hydrogen-bond acceptors (Lipinski definition) is 3. The fourth-order valence-corrected chi connectivity index (χ4v) is 1.85. The molecule has 21 heavy (non-hydrogen) atoms. The molecule has 1 aromatic heterocycles. The van der Waals surface area contributed by atoms with Crippen LogP contribution in [0.3, 0.4) is 0 Å². The summed E-state index contributed by atoms with van der Waals surface area (Å²) in [6.45, 7) is 2.63. The van der Waals surface area contributed by atoms with Crippen molar-refractivity contribution in [3.63, 3.8) is 0 Å². The van der Waals surface area contributed by atoms with E-state index in [1.54, 1.807) is 42.0 Å². The smallest absolute Gasteiger partial charge is 0.257 e. The Hall–Kier alpha value is -2.37. The van der Waals surface area contributed by atoms with Crippen LogP contribution in [0.5, 0.6) is 5.75 Å².